The number of hydrogen-bond donors (Lipinski definition) is 3. The van der Waals surface area contributed by atoms with Gasteiger partial charge in [0.25, 0.3) is 11.8 Å². The largest absolute Gasteiger partial charge is 0.484 e. The van der Waals surface area contributed by atoms with Gasteiger partial charge in [0.1, 0.15) is 23.1 Å². The topological polar surface area (TPSA) is 90.9 Å². The summed E-state index contributed by atoms with van der Waals surface area (Å²) in [4.78, 5) is 27.3. The molecule has 1 aliphatic heterocycles. The SMILES string of the molecule is CN1C(C(=O)NC[C@@H](O)CC2(NC(=O)COc3ccc(Cl)c(F)c3)CCCCC2)=CCc2cc(F)ccc21. The van der Waals surface area contributed by atoms with E-state index in [0.717, 1.165) is 36.6 Å². The molecule has 204 valence electrons. The fraction of sp³-hybridized carbons (Fsp3) is 0.429. The Hall–Kier alpha value is -3.17. The standard InChI is InChI=1S/C28H32ClF2N3O4/c1-34-24-10-6-19(30)13-18(24)5-9-25(34)27(37)32-16-20(35)15-28(11-3-2-4-12-28)33-26(36)17-38-21-7-8-22(29)23(31)14-21/h6-10,13-14,20,35H,2-5,11-12,15-17H2,1H3,(H,32,37)(H,33,36)/t20-/m0/s1. The molecule has 0 aromatic heterocycles. The van der Waals surface area contributed by atoms with Crippen LogP contribution in [0, 0.1) is 11.6 Å². The molecule has 0 bridgehead atoms. The number of fused-ring (bicyclic) bond motifs is 1. The smallest absolute Gasteiger partial charge is 0.267 e. The molecule has 10 heteroatoms. The zero-order valence-corrected chi connectivity index (χ0v) is 22.0. The number of rotatable bonds is 9. The average Bonchev–Trinajstić information content (AvgIpc) is 2.88. The van der Waals surface area contributed by atoms with Gasteiger partial charge in [-0.25, -0.2) is 8.78 Å². The van der Waals surface area contributed by atoms with Gasteiger partial charge < -0.3 is 25.4 Å². The van der Waals surface area contributed by atoms with Crippen molar-refractivity contribution < 1.29 is 28.2 Å². The predicted molar refractivity (Wildman–Crippen MR) is 141 cm³/mol. The normalized spacial score (nSPS) is 17.2. The van der Waals surface area contributed by atoms with Crippen LogP contribution in [0.1, 0.15) is 44.1 Å². The quantitative estimate of drug-likeness (QED) is 0.436. The van der Waals surface area contributed by atoms with Crippen molar-refractivity contribution in [3.05, 3.63) is 70.4 Å². The zero-order chi connectivity index (χ0) is 27.3. The molecule has 2 aliphatic rings. The lowest BCUT2D eigenvalue weighted by molar-refractivity contribution is -0.126. The maximum atomic E-state index is 13.6. The van der Waals surface area contributed by atoms with Crippen molar-refractivity contribution >= 4 is 29.1 Å². The van der Waals surface area contributed by atoms with Gasteiger partial charge in [-0.3, -0.25) is 9.59 Å². The summed E-state index contributed by atoms with van der Waals surface area (Å²) in [6.45, 7) is -0.292. The summed E-state index contributed by atoms with van der Waals surface area (Å²) in [5, 5.41) is 16.6. The Morgan fingerprint density at radius 3 is 2.66 bits per heavy atom. The Balaban J connectivity index is 1.31. The highest BCUT2D eigenvalue weighted by molar-refractivity contribution is 6.30. The molecule has 0 radical (unpaired) electrons. The number of halogens is 3. The Kier molecular flexibility index (Phi) is 8.89. The summed E-state index contributed by atoms with van der Waals surface area (Å²) in [6.07, 6.45) is 5.78. The minimum atomic E-state index is -0.889. The lowest BCUT2D eigenvalue weighted by Gasteiger charge is -2.39. The first-order valence-corrected chi connectivity index (χ1v) is 13.1. The molecule has 1 aliphatic carbocycles. The minimum absolute atomic E-state index is 0.0124. The molecule has 4 rings (SSSR count). The van der Waals surface area contributed by atoms with Gasteiger partial charge in [0.05, 0.1) is 11.1 Å². The molecule has 0 unspecified atom stereocenters. The second-order valence-corrected chi connectivity index (χ2v) is 10.4. The Morgan fingerprint density at radius 1 is 1.16 bits per heavy atom. The van der Waals surface area contributed by atoms with Crippen LogP contribution in [0.15, 0.2) is 48.2 Å². The Bertz CT molecular complexity index is 1220. The summed E-state index contributed by atoms with van der Waals surface area (Å²) in [7, 11) is 1.74. The average molecular weight is 548 g/mol. The van der Waals surface area contributed by atoms with E-state index in [2.05, 4.69) is 10.6 Å². The number of hydrogen-bond acceptors (Lipinski definition) is 5. The van der Waals surface area contributed by atoms with E-state index in [4.69, 9.17) is 16.3 Å². The van der Waals surface area contributed by atoms with E-state index in [1.54, 1.807) is 24.1 Å². The molecule has 0 spiro atoms. The molecule has 1 atom stereocenters. The van der Waals surface area contributed by atoms with Crippen molar-refractivity contribution in [3.63, 3.8) is 0 Å². The molecule has 2 amide bonds. The van der Waals surface area contributed by atoms with Gasteiger partial charge in [0, 0.05) is 30.9 Å². The number of carbonyl (C=O) groups is 2. The monoisotopic (exact) mass is 547 g/mol. The van der Waals surface area contributed by atoms with Crippen LogP contribution in [-0.4, -0.2) is 48.8 Å². The van der Waals surface area contributed by atoms with Gasteiger partial charge in [-0.05, 0) is 61.6 Å². The molecule has 38 heavy (non-hydrogen) atoms. The summed E-state index contributed by atoms with van der Waals surface area (Å²) in [5.41, 5.74) is 1.35. The molecule has 0 saturated heterocycles. The van der Waals surface area contributed by atoms with E-state index >= 15 is 0 Å². The Labute approximate surface area is 225 Å². The Morgan fingerprint density at radius 2 is 1.92 bits per heavy atom. The van der Waals surface area contributed by atoms with Crippen molar-refractivity contribution in [2.75, 3.05) is 25.1 Å². The van der Waals surface area contributed by atoms with Gasteiger partial charge in [-0.1, -0.05) is 36.9 Å². The van der Waals surface area contributed by atoms with Crippen molar-refractivity contribution in [1.82, 2.24) is 10.6 Å². The molecule has 7 nitrogen and oxygen atoms in total. The fourth-order valence-electron chi connectivity index (χ4n) is 5.24. The molecule has 1 heterocycles. The van der Waals surface area contributed by atoms with Crippen LogP contribution < -0.4 is 20.3 Å². The number of likely N-dealkylation sites (N-methyl/N-ethyl adjacent to an activating group) is 1. The fourth-order valence-corrected chi connectivity index (χ4v) is 5.36. The highest BCUT2D eigenvalue weighted by Crippen LogP contribution is 2.33. The zero-order valence-electron chi connectivity index (χ0n) is 21.2. The van der Waals surface area contributed by atoms with Crippen LogP contribution in [0.2, 0.25) is 5.02 Å². The van der Waals surface area contributed by atoms with Gasteiger partial charge in [-0.15, -0.1) is 0 Å². The van der Waals surface area contributed by atoms with Crippen molar-refractivity contribution in [3.8, 4) is 5.75 Å². The van der Waals surface area contributed by atoms with Gasteiger partial charge in [-0.2, -0.15) is 0 Å². The first-order chi connectivity index (χ1) is 18.2. The number of carbonyl (C=O) groups excluding carboxylic acids is 2. The molecule has 2 aromatic rings. The van der Waals surface area contributed by atoms with Crippen LogP contribution in [0.4, 0.5) is 14.5 Å². The molecule has 1 fully saturated rings. The van der Waals surface area contributed by atoms with E-state index in [-0.39, 0.29) is 48.0 Å². The van der Waals surface area contributed by atoms with E-state index < -0.39 is 17.5 Å². The predicted octanol–water partition coefficient (Wildman–Crippen LogP) is 4.26. The molecular weight excluding hydrogens is 516 g/mol. The second-order valence-electron chi connectivity index (χ2n) is 9.95. The third kappa shape index (κ3) is 6.82. The first kappa shape index (κ1) is 27.9. The summed E-state index contributed by atoms with van der Waals surface area (Å²) in [5.74, 6) is -1.48. The van der Waals surface area contributed by atoms with Crippen LogP contribution >= 0.6 is 11.6 Å². The minimum Gasteiger partial charge on any atom is -0.484 e. The van der Waals surface area contributed by atoms with Gasteiger partial charge >= 0.3 is 0 Å². The third-order valence-electron chi connectivity index (χ3n) is 7.11. The third-order valence-corrected chi connectivity index (χ3v) is 7.42. The molecule has 2 aromatic carbocycles. The van der Waals surface area contributed by atoms with Crippen LogP contribution in [-0.2, 0) is 16.0 Å². The number of anilines is 1. The number of allylic oxidation sites excluding steroid dienone is 1. The van der Waals surface area contributed by atoms with Crippen molar-refractivity contribution in [2.45, 2.75) is 56.6 Å². The van der Waals surface area contributed by atoms with E-state index in [9.17, 15) is 23.5 Å². The number of benzene rings is 2. The van der Waals surface area contributed by atoms with Crippen LogP contribution in [0.3, 0.4) is 0 Å². The number of amides is 2. The maximum Gasteiger partial charge on any atom is 0.267 e. The molecular formula is C28H32ClF2N3O4. The number of nitrogens with one attached hydrogen (secondary N) is 2. The highest BCUT2D eigenvalue weighted by Gasteiger charge is 2.36. The molecule has 3 N–H and O–H groups in total. The second kappa shape index (κ2) is 12.1. The van der Waals surface area contributed by atoms with Crippen LogP contribution in [0.5, 0.6) is 5.75 Å². The van der Waals surface area contributed by atoms with Crippen molar-refractivity contribution in [2.24, 2.45) is 0 Å². The van der Waals surface area contributed by atoms with Gasteiger partial charge in [0.15, 0.2) is 6.61 Å². The number of aliphatic hydroxyl groups is 1. The lowest BCUT2D eigenvalue weighted by atomic mass is 9.77. The van der Waals surface area contributed by atoms with E-state index in [1.807, 2.05) is 0 Å². The summed E-state index contributed by atoms with van der Waals surface area (Å²) >= 11 is 5.68. The first-order valence-electron chi connectivity index (χ1n) is 12.7. The number of aliphatic hydroxyl groups excluding tert-OH is 1. The van der Waals surface area contributed by atoms with Gasteiger partial charge in [0.2, 0.25) is 0 Å². The number of nitrogens with zero attached hydrogens (tertiary/aromatic N) is 1. The summed E-state index contributed by atoms with van der Waals surface area (Å²) < 4.78 is 32.6. The summed E-state index contributed by atoms with van der Waals surface area (Å²) in [6, 6.07) is 8.42. The van der Waals surface area contributed by atoms with Crippen LogP contribution in [0.25, 0.3) is 0 Å². The van der Waals surface area contributed by atoms with E-state index in [1.165, 1.54) is 24.3 Å². The maximum absolute atomic E-state index is 13.6. The van der Waals surface area contributed by atoms with Crippen molar-refractivity contribution in [1.29, 1.82) is 0 Å². The lowest BCUT2D eigenvalue weighted by Crippen LogP contribution is -2.54. The highest BCUT2D eigenvalue weighted by atomic mass is 35.5. The molecule has 1 saturated carbocycles. The number of ether oxygens (including phenoxy) is 1. The van der Waals surface area contributed by atoms with E-state index in [0.29, 0.717) is 25.0 Å².